The van der Waals surface area contributed by atoms with E-state index in [0.29, 0.717) is 6.04 Å². The van der Waals surface area contributed by atoms with Crippen LogP contribution >= 0.6 is 0 Å². The molecule has 2 heteroatoms. The smallest absolute Gasteiger partial charge is 0.0342 e. The summed E-state index contributed by atoms with van der Waals surface area (Å²) in [5.74, 6) is 0.899. The first-order valence-electron chi connectivity index (χ1n) is 5.28. The van der Waals surface area contributed by atoms with Gasteiger partial charge in [-0.1, -0.05) is 12.1 Å². The average molecular weight is 186 g/mol. The van der Waals surface area contributed by atoms with E-state index in [0.717, 1.165) is 5.92 Å². The molecule has 2 heterocycles. The molecule has 1 fully saturated rings. The normalized spacial score (nSPS) is 30.1. The summed E-state index contributed by atoms with van der Waals surface area (Å²) >= 11 is 0. The van der Waals surface area contributed by atoms with Crippen molar-refractivity contribution in [2.24, 2.45) is 5.92 Å². The Labute approximate surface area is 84.1 Å². The molecular formula is C12H14N2. The predicted molar refractivity (Wildman–Crippen MR) is 56.7 cm³/mol. The number of nitrogens with zero attached hydrogens (tertiary/aromatic N) is 1. The SMILES string of the molecule is C1=C(c2cccnc2)CCC2CNC12. The minimum atomic E-state index is 0.638. The van der Waals surface area contributed by atoms with Crippen LogP contribution in [0.4, 0.5) is 0 Å². The van der Waals surface area contributed by atoms with Crippen LogP contribution in [-0.4, -0.2) is 17.6 Å². The van der Waals surface area contributed by atoms with E-state index >= 15 is 0 Å². The van der Waals surface area contributed by atoms with Crippen molar-refractivity contribution in [3.05, 3.63) is 36.2 Å². The van der Waals surface area contributed by atoms with E-state index in [1.54, 1.807) is 0 Å². The fourth-order valence-corrected chi connectivity index (χ4v) is 2.33. The maximum absolute atomic E-state index is 4.16. The second-order valence-electron chi connectivity index (χ2n) is 4.17. The van der Waals surface area contributed by atoms with E-state index < -0.39 is 0 Å². The summed E-state index contributed by atoms with van der Waals surface area (Å²) < 4.78 is 0. The van der Waals surface area contributed by atoms with Crippen LogP contribution in [0, 0.1) is 5.92 Å². The zero-order chi connectivity index (χ0) is 9.38. The molecule has 0 radical (unpaired) electrons. The third-order valence-electron chi connectivity index (χ3n) is 3.32. The maximum Gasteiger partial charge on any atom is 0.0342 e. The van der Waals surface area contributed by atoms with Crippen LogP contribution in [0.3, 0.4) is 0 Å². The third-order valence-corrected chi connectivity index (χ3v) is 3.32. The van der Waals surface area contributed by atoms with E-state index in [4.69, 9.17) is 0 Å². The van der Waals surface area contributed by atoms with Crippen molar-refractivity contribution in [3.63, 3.8) is 0 Å². The van der Waals surface area contributed by atoms with Crippen LogP contribution < -0.4 is 5.32 Å². The standard InChI is InChI=1S/C12H14N2/c1-2-10(7-13-5-1)9-3-4-11-8-14-12(11)6-9/h1-2,5-7,11-12,14H,3-4,8H2. The lowest BCUT2D eigenvalue weighted by molar-refractivity contribution is 0.256. The Bertz CT molecular complexity index is 356. The van der Waals surface area contributed by atoms with Crippen molar-refractivity contribution >= 4 is 5.57 Å². The van der Waals surface area contributed by atoms with Crippen LogP contribution in [0.2, 0.25) is 0 Å². The minimum absolute atomic E-state index is 0.638. The summed E-state index contributed by atoms with van der Waals surface area (Å²) in [5.41, 5.74) is 2.76. The maximum atomic E-state index is 4.16. The summed E-state index contributed by atoms with van der Waals surface area (Å²) in [7, 11) is 0. The van der Waals surface area contributed by atoms with Gasteiger partial charge >= 0.3 is 0 Å². The molecule has 1 aromatic heterocycles. The van der Waals surface area contributed by atoms with Crippen molar-refractivity contribution in [1.29, 1.82) is 0 Å². The number of nitrogens with one attached hydrogen (secondary N) is 1. The van der Waals surface area contributed by atoms with Crippen LogP contribution in [0.25, 0.3) is 5.57 Å². The molecule has 2 unspecified atom stereocenters. The predicted octanol–water partition coefficient (Wildman–Crippen LogP) is 1.85. The molecule has 0 saturated carbocycles. The Morgan fingerprint density at radius 1 is 1.43 bits per heavy atom. The molecule has 3 rings (SSSR count). The van der Waals surface area contributed by atoms with Gasteiger partial charge in [0.1, 0.15) is 0 Å². The highest BCUT2D eigenvalue weighted by Gasteiger charge is 2.31. The molecule has 0 aromatic carbocycles. The number of allylic oxidation sites excluding steroid dienone is 1. The van der Waals surface area contributed by atoms with Gasteiger partial charge in [-0.3, -0.25) is 4.98 Å². The monoisotopic (exact) mass is 186 g/mol. The highest BCUT2D eigenvalue weighted by Crippen LogP contribution is 2.33. The molecule has 1 aliphatic carbocycles. The Morgan fingerprint density at radius 2 is 2.43 bits per heavy atom. The molecule has 2 aliphatic rings. The van der Waals surface area contributed by atoms with Gasteiger partial charge in [0.2, 0.25) is 0 Å². The number of aromatic nitrogens is 1. The Hall–Kier alpha value is -1.15. The zero-order valence-electron chi connectivity index (χ0n) is 8.11. The lowest BCUT2D eigenvalue weighted by atomic mass is 9.79. The molecule has 72 valence electrons. The van der Waals surface area contributed by atoms with Crippen LogP contribution in [0.15, 0.2) is 30.6 Å². The number of hydrogen-bond acceptors (Lipinski definition) is 2. The fourth-order valence-electron chi connectivity index (χ4n) is 2.33. The summed E-state index contributed by atoms with van der Waals surface area (Å²) in [6.45, 7) is 1.21. The first-order valence-corrected chi connectivity index (χ1v) is 5.28. The Balaban J connectivity index is 1.89. The van der Waals surface area contributed by atoms with E-state index in [-0.39, 0.29) is 0 Å². The van der Waals surface area contributed by atoms with Crippen LogP contribution in [0.1, 0.15) is 18.4 Å². The van der Waals surface area contributed by atoms with E-state index in [1.165, 1.54) is 30.5 Å². The molecule has 2 nitrogen and oxygen atoms in total. The van der Waals surface area contributed by atoms with Crippen molar-refractivity contribution in [2.45, 2.75) is 18.9 Å². The van der Waals surface area contributed by atoms with Gasteiger partial charge in [0.05, 0.1) is 0 Å². The molecule has 14 heavy (non-hydrogen) atoms. The van der Waals surface area contributed by atoms with E-state index in [1.807, 2.05) is 18.5 Å². The summed E-state index contributed by atoms with van der Waals surface area (Å²) in [4.78, 5) is 4.16. The highest BCUT2D eigenvalue weighted by molar-refractivity contribution is 5.66. The zero-order valence-corrected chi connectivity index (χ0v) is 8.11. The van der Waals surface area contributed by atoms with Gasteiger partial charge in [-0.05, 0) is 36.0 Å². The first kappa shape index (κ1) is 8.18. The summed E-state index contributed by atoms with van der Waals surface area (Å²) in [6, 6.07) is 4.80. The largest absolute Gasteiger partial charge is 0.310 e. The third kappa shape index (κ3) is 1.26. The first-order chi connectivity index (χ1) is 6.93. The molecule has 1 aliphatic heterocycles. The Morgan fingerprint density at radius 3 is 3.07 bits per heavy atom. The molecule has 2 atom stereocenters. The summed E-state index contributed by atoms with van der Waals surface area (Å²) in [6.07, 6.45) is 8.73. The quantitative estimate of drug-likeness (QED) is 0.724. The summed E-state index contributed by atoms with van der Waals surface area (Å²) in [5, 5.41) is 3.45. The van der Waals surface area contributed by atoms with Crippen molar-refractivity contribution in [2.75, 3.05) is 6.54 Å². The van der Waals surface area contributed by atoms with Crippen molar-refractivity contribution < 1.29 is 0 Å². The van der Waals surface area contributed by atoms with Crippen LogP contribution in [-0.2, 0) is 0 Å². The van der Waals surface area contributed by atoms with Gasteiger partial charge in [0, 0.05) is 25.0 Å². The van der Waals surface area contributed by atoms with Gasteiger partial charge < -0.3 is 5.32 Å². The number of rotatable bonds is 1. The molecule has 0 amide bonds. The van der Waals surface area contributed by atoms with Gasteiger partial charge in [0.15, 0.2) is 0 Å². The Kier molecular flexibility index (Phi) is 1.88. The molecule has 1 aromatic rings. The molecule has 0 bridgehead atoms. The number of hydrogen-bond donors (Lipinski definition) is 1. The number of pyridine rings is 1. The van der Waals surface area contributed by atoms with E-state index in [9.17, 15) is 0 Å². The molecule has 1 saturated heterocycles. The number of fused-ring (bicyclic) bond motifs is 1. The topological polar surface area (TPSA) is 24.9 Å². The molecule has 0 spiro atoms. The molecular weight excluding hydrogens is 172 g/mol. The lowest BCUT2D eigenvalue weighted by Gasteiger charge is -2.40. The van der Waals surface area contributed by atoms with Crippen molar-refractivity contribution in [1.82, 2.24) is 10.3 Å². The lowest BCUT2D eigenvalue weighted by Crippen LogP contribution is -2.52. The fraction of sp³-hybridized carbons (Fsp3) is 0.417. The van der Waals surface area contributed by atoms with Gasteiger partial charge in [-0.25, -0.2) is 0 Å². The van der Waals surface area contributed by atoms with E-state index in [2.05, 4.69) is 22.4 Å². The van der Waals surface area contributed by atoms with Gasteiger partial charge in [-0.2, -0.15) is 0 Å². The van der Waals surface area contributed by atoms with Gasteiger partial charge in [0.25, 0.3) is 0 Å². The second-order valence-corrected chi connectivity index (χ2v) is 4.17. The second kappa shape index (κ2) is 3.21. The van der Waals surface area contributed by atoms with Crippen molar-refractivity contribution in [3.8, 4) is 0 Å². The highest BCUT2D eigenvalue weighted by atomic mass is 15.0. The molecule has 1 N–H and O–H groups in total. The van der Waals surface area contributed by atoms with Crippen LogP contribution in [0.5, 0.6) is 0 Å². The average Bonchev–Trinajstić information content (AvgIpc) is 2.21. The van der Waals surface area contributed by atoms with Gasteiger partial charge in [-0.15, -0.1) is 0 Å². The minimum Gasteiger partial charge on any atom is -0.310 e.